The molecule has 1 aliphatic heterocycles. The molecule has 0 bridgehead atoms. The maximum atomic E-state index is 5.66. The third-order valence-electron chi connectivity index (χ3n) is 3.13. The Labute approximate surface area is 103 Å². The van der Waals surface area contributed by atoms with E-state index < -0.39 is 0 Å². The molecule has 0 atom stereocenters. The van der Waals surface area contributed by atoms with Gasteiger partial charge in [-0.05, 0) is 38.1 Å². The Kier molecular flexibility index (Phi) is 4.76. The highest BCUT2D eigenvalue weighted by Gasteiger charge is 2.09. The summed E-state index contributed by atoms with van der Waals surface area (Å²) < 4.78 is 5.66. The molecule has 0 amide bonds. The van der Waals surface area contributed by atoms with Crippen molar-refractivity contribution in [1.29, 1.82) is 0 Å². The third-order valence-corrected chi connectivity index (χ3v) is 3.13. The van der Waals surface area contributed by atoms with Crippen molar-refractivity contribution < 1.29 is 4.74 Å². The van der Waals surface area contributed by atoms with Crippen LogP contribution >= 0.6 is 0 Å². The Morgan fingerprint density at radius 2 is 2.06 bits per heavy atom. The van der Waals surface area contributed by atoms with E-state index in [1.807, 2.05) is 12.1 Å². The van der Waals surface area contributed by atoms with Crippen molar-refractivity contribution in [2.75, 3.05) is 26.2 Å². The van der Waals surface area contributed by atoms with Crippen molar-refractivity contribution >= 4 is 0 Å². The van der Waals surface area contributed by atoms with Gasteiger partial charge in [-0.1, -0.05) is 6.42 Å². The van der Waals surface area contributed by atoms with Gasteiger partial charge >= 0.3 is 0 Å². The highest BCUT2D eigenvalue weighted by atomic mass is 16.5. The highest BCUT2D eigenvalue weighted by Crippen LogP contribution is 2.10. The fourth-order valence-electron chi connectivity index (χ4n) is 2.09. The number of nitrogens with two attached hydrogens (primary N) is 1. The van der Waals surface area contributed by atoms with Crippen molar-refractivity contribution in [1.82, 2.24) is 9.88 Å². The molecule has 0 aromatic carbocycles. The van der Waals surface area contributed by atoms with Crippen LogP contribution in [0.4, 0.5) is 0 Å². The van der Waals surface area contributed by atoms with Gasteiger partial charge in [-0.15, -0.1) is 0 Å². The summed E-state index contributed by atoms with van der Waals surface area (Å²) >= 11 is 0. The van der Waals surface area contributed by atoms with E-state index in [1.54, 1.807) is 6.20 Å². The van der Waals surface area contributed by atoms with Crippen LogP contribution < -0.4 is 10.5 Å². The van der Waals surface area contributed by atoms with Crippen LogP contribution in [0, 0.1) is 0 Å². The minimum atomic E-state index is 0.480. The van der Waals surface area contributed by atoms with Crippen molar-refractivity contribution in [2.24, 2.45) is 5.73 Å². The second kappa shape index (κ2) is 6.57. The molecule has 2 heterocycles. The molecule has 1 aromatic heterocycles. The van der Waals surface area contributed by atoms with Crippen LogP contribution in [0.1, 0.15) is 25.0 Å². The number of pyridine rings is 1. The number of piperidine rings is 1. The summed E-state index contributed by atoms with van der Waals surface area (Å²) in [4.78, 5) is 6.66. The number of hydrogen-bond acceptors (Lipinski definition) is 4. The third kappa shape index (κ3) is 3.98. The molecule has 0 unspecified atom stereocenters. The van der Waals surface area contributed by atoms with E-state index in [0.29, 0.717) is 6.54 Å². The standard InChI is InChI=1S/C13H21N3O/c14-10-12-4-5-13(11-15-12)17-9-8-16-6-2-1-3-7-16/h4-5,11H,1-3,6-10,14H2. The summed E-state index contributed by atoms with van der Waals surface area (Å²) in [7, 11) is 0. The van der Waals surface area contributed by atoms with Gasteiger partial charge in [0.15, 0.2) is 0 Å². The first-order valence-electron chi connectivity index (χ1n) is 6.38. The maximum absolute atomic E-state index is 5.66. The van der Waals surface area contributed by atoms with Gasteiger partial charge in [0.1, 0.15) is 12.4 Å². The largest absolute Gasteiger partial charge is 0.491 e. The van der Waals surface area contributed by atoms with Gasteiger partial charge in [-0.3, -0.25) is 9.88 Å². The van der Waals surface area contributed by atoms with Crippen LogP contribution in [-0.4, -0.2) is 36.1 Å². The molecule has 1 saturated heterocycles. The van der Waals surface area contributed by atoms with Gasteiger partial charge in [-0.2, -0.15) is 0 Å². The summed E-state index contributed by atoms with van der Waals surface area (Å²) in [6, 6.07) is 3.85. The molecule has 2 N–H and O–H groups in total. The zero-order chi connectivity index (χ0) is 11.9. The summed E-state index contributed by atoms with van der Waals surface area (Å²) in [5, 5.41) is 0. The average Bonchev–Trinajstić information content (AvgIpc) is 2.41. The fraction of sp³-hybridized carbons (Fsp3) is 0.615. The van der Waals surface area contributed by atoms with Crippen LogP contribution in [0.25, 0.3) is 0 Å². The van der Waals surface area contributed by atoms with Crippen LogP contribution in [-0.2, 0) is 6.54 Å². The van der Waals surface area contributed by atoms with Crippen LogP contribution in [0.15, 0.2) is 18.3 Å². The topological polar surface area (TPSA) is 51.4 Å². The van der Waals surface area contributed by atoms with Gasteiger partial charge in [0.05, 0.1) is 11.9 Å². The molecule has 0 saturated carbocycles. The monoisotopic (exact) mass is 235 g/mol. The zero-order valence-corrected chi connectivity index (χ0v) is 10.3. The van der Waals surface area contributed by atoms with Crippen LogP contribution in [0.3, 0.4) is 0 Å². The predicted molar refractivity (Wildman–Crippen MR) is 67.9 cm³/mol. The quantitative estimate of drug-likeness (QED) is 0.838. The summed E-state index contributed by atoms with van der Waals surface area (Å²) in [5.74, 6) is 0.833. The molecule has 1 aliphatic rings. The van der Waals surface area contributed by atoms with Gasteiger partial charge in [-0.25, -0.2) is 0 Å². The number of rotatable bonds is 5. The Morgan fingerprint density at radius 3 is 2.71 bits per heavy atom. The summed E-state index contributed by atoms with van der Waals surface area (Å²) in [5.41, 5.74) is 6.38. The van der Waals surface area contributed by atoms with Crippen LogP contribution in [0.5, 0.6) is 5.75 Å². The molecule has 0 spiro atoms. The molecule has 1 aromatic rings. The Hall–Kier alpha value is -1.13. The summed E-state index contributed by atoms with van der Waals surface area (Å²) in [6.45, 7) is 4.66. The van der Waals surface area contributed by atoms with Gasteiger partial charge in [0.25, 0.3) is 0 Å². The van der Waals surface area contributed by atoms with Gasteiger partial charge in [0, 0.05) is 13.1 Å². The molecule has 4 heteroatoms. The molecule has 2 rings (SSSR count). The van der Waals surface area contributed by atoms with E-state index >= 15 is 0 Å². The number of hydrogen-bond donors (Lipinski definition) is 1. The zero-order valence-electron chi connectivity index (χ0n) is 10.3. The van der Waals surface area contributed by atoms with E-state index in [9.17, 15) is 0 Å². The van der Waals surface area contributed by atoms with E-state index in [2.05, 4.69) is 9.88 Å². The minimum Gasteiger partial charge on any atom is -0.491 e. The molecular formula is C13H21N3O. The van der Waals surface area contributed by atoms with Gasteiger partial charge < -0.3 is 10.5 Å². The normalized spacial score (nSPS) is 17.0. The van der Waals surface area contributed by atoms with E-state index in [4.69, 9.17) is 10.5 Å². The van der Waals surface area contributed by atoms with E-state index in [-0.39, 0.29) is 0 Å². The lowest BCUT2D eigenvalue weighted by atomic mass is 10.1. The lowest BCUT2D eigenvalue weighted by Gasteiger charge is -2.26. The molecule has 0 aliphatic carbocycles. The van der Waals surface area contributed by atoms with Crippen molar-refractivity contribution in [2.45, 2.75) is 25.8 Å². The smallest absolute Gasteiger partial charge is 0.137 e. The predicted octanol–water partition coefficient (Wildman–Crippen LogP) is 1.40. The van der Waals surface area contributed by atoms with E-state index in [1.165, 1.54) is 32.4 Å². The minimum absolute atomic E-state index is 0.480. The first kappa shape index (κ1) is 12.3. The Morgan fingerprint density at radius 1 is 1.24 bits per heavy atom. The molecule has 1 fully saturated rings. The Bertz CT molecular complexity index is 320. The number of aromatic nitrogens is 1. The SMILES string of the molecule is NCc1ccc(OCCN2CCCCC2)cn1. The van der Waals surface area contributed by atoms with E-state index in [0.717, 1.165) is 24.6 Å². The first-order valence-corrected chi connectivity index (χ1v) is 6.38. The Balaban J connectivity index is 1.69. The molecule has 17 heavy (non-hydrogen) atoms. The van der Waals surface area contributed by atoms with Crippen molar-refractivity contribution in [3.8, 4) is 5.75 Å². The molecule has 94 valence electrons. The number of ether oxygens (including phenoxy) is 1. The molecular weight excluding hydrogens is 214 g/mol. The second-order valence-electron chi connectivity index (χ2n) is 4.44. The maximum Gasteiger partial charge on any atom is 0.137 e. The lowest BCUT2D eigenvalue weighted by Crippen LogP contribution is -2.33. The number of likely N-dealkylation sites (tertiary alicyclic amines) is 1. The average molecular weight is 235 g/mol. The van der Waals surface area contributed by atoms with Crippen molar-refractivity contribution in [3.63, 3.8) is 0 Å². The van der Waals surface area contributed by atoms with Gasteiger partial charge in [0.2, 0.25) is 0 Å². The van der Waals surface area contributed by atoms with Crippen LogP contribution in [0.2, 0.25) is 0 Å². The first-order chi connectivity index (χ1) is 8.38. The molecule has 0 radical (unpaired) electrons. The highest BCUT2D eigenvalue weighted by molar-refractivity contribution is 5.19. The number of nitrogens with zero attached hydrogens (tertiary/aromatic N) is 2. The summed E-state index contributed by atoms with van der Waals surface area (Å²) in [6.07, 6.45) is 5.78. The van der Waals surface area contributed by atoms with Crippen molar-refractivity contribution in [3.05, 3.63) is 24.0 Å². The second-order valence-corrected chi connectivity index (χ2v) is 4.44. The molecule has 4 nitrogen and oxygen atoms in total. The fourth-order valence-corrected chi connectivity index (χ4v) is 2.09. The lowest BCUT2D eigenvalue weighted by molar-refractivity contribution is 0.183.